The molecular weight excluding hydrogens is 262 g/mol. The number of rotatable bonds is 6. The number of hydrogen-bond donors (Lipinski definition) is 2. The number of nitrogens with zero attached hydrogens (tertiary/aromatic N) is 1. The number of ether oxygens (including phenoxy) is 1. The van der Waals surface area contributed by atoms with Gasteiger partial charge in [0.2, 0.25) is 0 Å². The lowest BCUT2D eigenvalue weighted by Gasteiger charge is -2.22. The SMILES string of the molecule is CCC(C)(N)COc1ccc(C(=O)NC)cc1[N+](=O)[O-]. The molecule has 0 fully saturated rings. The number of nitrogens with two attached hydrogens (primary N) is 1. The lowest BCUT2D eigenvalue weighted by Crippen LogP contribution is -2.41. The fourth-order valence-corrected chi connectivity index (χ4v) is 1.41. The molecule has 0 heterocycles. The van der Waals surface area contributed by atoms with Crippen molar-refractivity contribution < 1.29 is 14.5 Å². The highest BCUT2D eigenvalue weighted by Gasteiger charge is 2.22. The number of carbonyl (C=O) groups excluding carboxylic acids is 1. The minimum atomic E-state index is -0.582. The molecular formula is C13H19N3O4. The fourth-order valence-electron chi connectivity index (χ4n) is 1.41. The Hall–Kier alpha value is -2.15. The topological polar surface area (TPSA) is 107 Å². The van der Waals surface area contributed by atoms with Gasteiger partial charge in [-0.2, -0.15) is 0 Å². The van der Waals surface area contributed by atoms with Crippen LogP contribution in [0.2, 0.25) is 0 Å². The zero-order valence-electron chi connectivity index (χ0n) is 11.8. The first kappa shape index (κ1) is 15.9. The summed E-state index contributed by atoms with van der Waals surface area (Å²) in [5, 5.41) is 13.5. The Kier molecular flexibility index (Phi) is 5.04. The molecule has 0 bridgehead atoms. The molecule has 0 aliphatic rings. The normalized spacial score (nSPS) is 13.4. The second-order valence-electron chi connectivity index (χ2n) is 4.81. The van der Waals surface area contributed by atoms with Crippen LogP contribution in [-0.4, -0.2) is 30.0 Å². The van der Waals surface area contributed by atoms with Crippen LogP contribution >= 0.6 is 0 Å². The molecule has 0 spiro atoms. The second kappa shape index (κ2) is 6.33. The van der Waals surface area contributed by atoms with Crippen LogP contribution in [0.3, 0.4) is 0 Å². The van der Waals surface area contributed by atoms with Crippen molar-refractivity contribution in [2.24, 2.45) is 5.73 Å². The second-order valence-corrected chi connectivity index (χ2v) is 4.81. The fraction of sp³-hybridized carbons (Fsp3) is 0.462. The zero-order valence-corrected chi connectivity index (χ0v) is 11.8. The predicted octanol–water partition coefficient (Wildman–Crippen LogP) is 1.46. The Morgan fingerprint density at radius 3 is 2.70 bits per heavy atom. The summed E-state index contributed by atoms with van der Waals surface area (Å²) < 4.78 is 5.42. The predicted molar refractivity (Wildman–Crippen MR) is 74.9 cm³/mol. The van der Waals surface area contributed by atoms with Crippen LogP contribution in [0, 0.1) is 10.1 Å². The summed E-state index contributed by atoms with van der Waals surface area (Å²) in [6, 6.07) is 4.07. The number of amides is 1. The minimum Gasteiger partial charge on any atom is -0.485 e. The van der Waals surface area contributed by atoms with Gasteiger partial charge >= 0.3 is 5.69 Å². The van der Waals surface area contributed by atoms with Crippen molar-refractivity contribution in [2.75, 3.05) is 13.7 Å². The first-order chi connectivity index (χ1) is 9.30. The van der Waals surface area contributed by atoms with E-state index >= 15 is 0 Å². The Balaban J connectivity index is 3.02. The number of nitro groups is 1. The quantitative estimate of drug-likeness (QED) is 0.606. The summed E-state index contributed by atoms with van der Waals surface area (Å²) in [6.45, 7) is 3.87. The van der Waals surface area contributed by atoms with Crippen molar-refractivity contribution in [1.29, 1.82) is 0 Å². The average Bonchev–Trinajstić information content (AvgIpc) is 2.44. The zero-order chi connectivity index (χ0) is 15.3. The number of hydrogen-bond acceptors (Lipinski definition) is 5. The van der Waals surface area contributed by atoms with Gasteiger partial charge in [-0.05, 0) is 25.5 Å². The third-order valence-corrected chi connectivity index (χ3v) is 3.01. The van der Waals surface area contributed by atoms with Gasteiger partial charge in [-0.3, -0.25) is 14.9 Å². The number of nitro benzene ring substituents is 1. The molecule has 110 valence electrons. The van der Waals surface area contributed by atoms with Crippen LogP contribution in [0.1, 0.15) is 30.6 Å². The van der Waals surface area contributed by atoms with E-state index in [2.05, 4.69) is 5.32 Å². The summed E-state index contributed by atoms with van der Waals surface area (Å²) >= 11 is 0. The van der Waals surface area contributed by atoms with E-state index in [1.165, 1.54) is 25.2 Å². The molecule has 1 aromatic rings. The van der Waals surface area contributed by atoms with E-state index < -0.39 is 16.4 Å². The third-order valence-electron chi connectivity index (χ3n) is 3.01. The molecule has 0 saturated carbocycles. The van der Waals surface area contributed by atoms with Gasteiger partial charge < -0.3 is 15.8 Å². The number of nitrogens with one attached hydrogen (secondary N) is 1. The molecule has 1 rings (SSSR count). The van der Waals surface area contributed by atoms with Crippen molar-refractivity contribution in [3.63, 3.8) is 0 Å². The van der Waals surface area contributed by atoms with Gasteiger partial charge in [0, 0.05) is 24.2 Å². The van der Waals surface area contributed by atoms with Crippen LogP contribution in [0.5, 0.6) is 5.75 Å². The molecule has 0 saturated heterocycles. The van der Waals surface area contributed by atoms with Crippen LogP contribution in [-0.2, 0) is 0 Å². The van der Waals surface area contributed by atoms with Crippen molar-refractivity contribution >= 4 is 11.6 Å². The van der Waals surface area contributed by atoms with Gasteiger partial charge in [-0.15, -0.1) is 0 Å². The lowest BCUT2D eigenvalue weighted by atomic mass is 10.0. The maximum Gasteiger partial charge on any atom is 0.311 e. The van der Waals surface area contributed by atoms with E-state index in [0.29, 0.717) is 6.42 Å². The van der Waals surface area contributed by atoms with E-state index in [-0.39, 0.29) is 23.6 Å². The van der Waals surface area contributed by atoms with Crippen molar-refractivity contribution in [2.45, 2.75) is 25.8 Å². The van der Waals surface area contributed by atoms with E-state index in [0.717, 1.165) is 0 Å². The summed E-state index contributed by atoms with van der Waals surface area (Å²) in [4.78, 5) is 21.9. The van der Waals surface area contributed by atoms with Crippen molar-refractivity contribution in [3.8, 4) is 5.75 Å². The molecule has 0 aliphatic carbocycles. The van der Waals surface area contributed by atoms with Crippen LogP contribution in [0.15, 0.2) is 18.2 Å². The highest BCUT2D eigenvalue weighted by molar-refractivity contribution is 5.94. The van der Waals surface area contributed by atoms with Crippen molar-refractivity contribution in [1.82, 2.24) is 5.32 Å². The molecule has 1 amide bonds. The smallest absolute Gasteiger partial charge is 0.311 e. The maximum atomic E-state index is 11.5. The monoisotopic (exact) mass is 281 g/mol. The largest absolute Gasteiger partial charge is 0.485 e. The van der Waals surface area contributed by atoms with Crippen LogP contribution < -0.4 is 15.8 Å². The summed E-state index contributed by atoms with van der Waals surface area (Å²) in [7, 11) is 1.46. The van der Waals surface area contributed by atoms with Gasteiger partial charge in [0.1, 0.15) is 6.61 Å². The van der Waals surface area contributed by atoms with Gasteiger partial charge in [-0.1, -0.05) is 6.92 Å². The summed E-state index contributed by atoms with van der Waals surface area (Å²) in [5.41, 5.74) is 5.32. The average molecular weight is 281 g/mol. The van der Waals surface area contributed by atoms with Crippen molar-refractivity contribution in [3.05, 3.63) is 33.9 Å². The van der Waals surface area contributed by atoms with Gasteiger partial charge in [0.15, 0.2) is 5.75 Å². The molecule has 3 N–H and O–H groups in total. The molecule has 7 nitrogen and oxygen atoms in total. The number of benzene rings is 1. The molecule has 7 heteroatoms. The Morgan fingerprint density at radius 2 is 2.20 bits per heavy atom. The van der Waals surface area contributed by atoms with E-state index in [9.17, 15) is 14.9 Å². The van der Waals surface area contributed by atoms with E-state index in [1.54, 1.807) is 6.92 Å². The molecule has 1 aromatic carbocycles. The van der Waals surface area contributed by atoms with Gasteiger partial charge in [0.25, 0.3) is 5.91 Å². The minimum absolute atomic E-state index is 0.104. The maximum absolute atomic E-state index is 11.5. The highest BCUT2D eigenvalue weighted by Crippen LogP contribution is 2.28. The molecule has 0 aliphatic heterocycles. The Labute approximate surface area is 117 Å². The number of carbonyl (C=O) groups is 1. The standard InChI is InChI=1S/C13H19N3O4/c1-4-13(2,14)8-20-11-6-5-9(12(17)15-3)7-10(11)16(18)19/h5-7H,4,8,14H2,1-3H3,(H,15,17). The molecule has 0 radical (unpaired) electrons. The van der Waals surface area contributed by atoms with E-state index in [4.69, 9.17) is 10.5 Å². The summed E-state index contributed by atoms with van der Waals surface area (Å²) in [5.74, 6) is -0.287. The third kappa shape index (κ3) is 3.92. The first-order valence-corrected chi connectivity index (χ1v) is 6.23. The van der Waals surface area contributed by atoms with Crippen LogP contribution in [0.4, 0.5) is 5.69 Å². The Morgan fingerprint density at radius 1 is 1.55 bits per heavy atom. The van der Waals surface area contributed by atoms with Gasteiger partial charge in [-0.25, -0.2) is 0 Å². The summed E-state index contributed by atoms with van der Waals surface area (Å²) in [6.07, 6.45) is 0.678. The first-order valence-electron chi connectivity index (χ1n) is 6.23. The van der Waals surface area contributed by atoms with Crippen LogP contribution in [0.25, 0.3) is 0 Å². The van der Waals surface area contributed by atoms with Gasteiger partial charge in [0.05, 0.1) is 4.92 Å². The lowest BCUT2D eigenvalue weighted by molar-refractivity contribution is -0.385. The molecule has 20 heavy (non-hydrogen) atoms. The van der Waals surface area contributed by atoms with E-state index in [1.807, 2.05) is 6.92 Å². The highest BCUT2D eigenvalue weighted by atomic mass is 16.6. The Bertz CT molecular complexity index is 514. The molecule has 1 atom stereocenters. The molecule has 1 unspecified atom stereocenters. The molecule has 0 aromatic heterocycles.